The number of para-hydroxylation sites is 1. The molecule has 3 aromatic rings. The molecule has 0 N–H and O–H groups in total. The van der Waals surface area contributed by atoms with Crippen molar-refractivity contribution < 1.29 is 4.79 Å². The molecule has 0 saturated carbocycles. The zero-order chi connectivity index (χ0) is 14.1. The third-order valence-corrected chi connectivity index (χ3v) is 4.14. The van der Waals surface area contributed by atoms with Gasteiger partial charge in [-0.25, -0.2) is 0 Å². The van der Waals surface area contributed by atoms with E-state index in [1.165, 1.54) is 0 Å². The lowest BCUT2D eigenvalue weighted by molar-refractivity contribution is 0.103. The van der Waals surface area contributed by atoms with E-state index in [4.69, 9.17) is 0 Å². The molecule has 98 valence electrons. The van der Waals surface area contributed by atoms with Crippen molar-refractivity contribution in [1.29, 1.82) is 0 Å². The van der Waals surface area contributed by atoms with Crippen LogP contribution in [-0.4, -0.2) is 10.8 Å². The smallest absolute Gasteiger partial charge is 0.194 e. The van der Waals surface area contributed by atoms with E-state index in [9.17, 15) is 4.79 Å². The fraction of sp³-hybridized carbons (Fsp3) is 0.0588. The molecule has 0 radical (unpaired) electrons. The van der Waals surface area contributed by atoms with Crippen LogP contribution in [0.25, 0.3) is 10.9 Å². The highest BCUT2D eigenvalue weighted by Crippen LogP contribution is 2.21. The Hall–Kier alpha value is -2.00. The van der Waals surface area contributed by atoms with Crippen LogP contribution in [0.15, 0.2) is 59.2 Å². The summed E-state index contributed by atoms with van der Waals surface area (Å²) in [5.74, 6) is -0.0102. The Morgan fingerprint density at radius 2 is 1.85 bits per heavy atom. The van der Waals surface area contributed by atoms with Gasteiger partial charge in [0.15, 0.2) is 5.78 Å². The minimum absolute atomic E-state index is 0.0102. The molecule has 0 saturated heterocycles. The number of pyridine rings is 1. The number of fused-ring (bicyclic) bond motifs is 1. The lowest BCUT2D eigenvalue weighted by Crippen LogP contribution is -2.02. The average Bonchev–Trinajstić information content (AvgIpc) is 2.49. The van der Waals surface area contributed by atoms with Gasteiger partial charge in [0, 0.05) is 27.2 Å². The van der Waals surface area contributed by atoms with Crippen LogP contribution < -0.4 is 0 Å². The van der Waals surface area contributed by atoms with Crippen molar-refractivity contribution in [3.05, 3.63) is 75.9 Å². The number of carbonyl (C=O) groups is 1. The van der Waals surface area contributed by atoms with Crippen molar-refractivity contribution in [2.24, 2.45) is 0 Å². The SMILES string of the molecule is Cc1ccc(C(=O)c2cnc3ccccc3c2)cc1Br. The maximum Gasteiger partial charge on any atom is 0.194 e. The Kier molecular flexibility index (Phi) is 3.36. The topological polar surface area (TPSA) is 30.0 Å². The first kappa shape index (κ1) is 13.0. The zero-order valence-electron chi connectivity index (χ0n) is 10.9. The summed E-state index contributed by atoms with van der Waals surface area (Å²) in [5, 5.41) is 0.976. The van der Waals surface area contributed by atoms with Crippen LogP contribution in [-0.2, 0) is 0 Å². The van der Waals surface area contributed by atoms with Gasteiger partial charge >= 0.3 is 0 Å². The maximum absolute atomic E-state index is 12.5. The molecule has 0 bridgehead atoms. The van der Waals surface area contributed by atoms with Crippen LogP contribution in [0.1, 0.15) is 21.5 Å². The molecule has 0 aliphatic rings. The average molecular weight is 326 g/mol. The van der Waals surface area contributed by atoms with Crippen LogP contribution in [0.2, 0.25) is 0 Å². The summed E-state index contributed by atoms with van der Waals surface area (Å²) in [7, 11) is 0. The summed E-state index contributed by atoms with van der Waals surface area (Å²) in [5.41, 5.74) is 3.28. The molecule has 0 fully saturated rings. The quantitative estimate of drug-likeness (QED) is 0.647. The highest BCUT2D eigenvalue weighted by atomic mass is 79.9. The first-order valence-corrected chi connectivity index (χ1v) is 7.10. The van der Waals surface area contributed by atoms with Gasteiger partial charge in [-0.3, -0.25) is 9.78 Å². The highest BCUT2D eigenvalue weighted by Gasteiger charge is 2.11. The largest absolute Gasteiger partial charge is 0.289 e. The van der Waals surface area contributed by atoms with E-state index in [-0.39, 0.29) is 5.78 Å². The number of nitrogens with zero attached hydrogens (tertiary/aromatic N) is 1. The van der Waals surface area contributed by atoms with Gasteiger partial charge in [-0.05, 0) is 30.7 Å². The second-order valence-corrected chi connectivity index (χ2v) is 5.56. The number of hydrogen-bond acceptors (Lipinski definition) is 2. The maximum atomic E-state index is 12.5. The van der Waals surface area contributed by atoms with Crippen molar-refractivity contribution >= 4 is 32.6 Å². The molecular formula is C17H12BrNO. The minimum Gasteiger partial charge on any atom is -0.289 e. The second kappa shape index (κ2) is 5.17. The van der Waals surface area contributed by atoms with Gasteiger partial charge in [0.25, 0.3) is 0 Å². The fourth-order valence-corrected chi connectivity index (χ4v) is 2.47. The molecule has 0 spiro atoms. The number of ketones is 1. The monoisotopic (exact) mass is 325 g/mol. The van der Waals surface area contributed by atoms with E-state index in [0.29, 0.717) is 11.1 Å². The Bertz CT molecular complexity index is 811. The van der Waals surface area contributed by atoms with Crippen LogP contribution >= 0.6 is 15.9 Å². The Labute approximate surface area is 125 Å². The van der Waals surface area contributed by atoms with Crippen molar-refractivity contribution in [3.63, 3.8) is 0 Å². The van der Waals surface area contributed by atoms with Gasteiger partial charge in [0.2, 0.25) is 0 Å². The summed E-state index contributed by atoms with van der Waals surface area (Å²) >= 11 is 3.46. The molecule has 0 aliphatic carbocycles. The normalized spacial score (nSPS) is 10.7. The zero-order valence-corrected chi connectivity index (χ0v) is 12.5. The predicted octanol–water partition coefficient (Wildman–Crippen LogP) is 4.54. The van der Waals surface area contributed by atoms with Gasteiger partial charge in [-0.1, -0.05) is 46.3 Å². The van der Waals surface area contributed by atoms with Crippen LogP contribution in [0, 0.1) is 6.92 Å². The molecule has 0 amide bonds. The molecule has 2 aromatic carbocycles. The molecular weight excluding hydrogens is 314 g/mol. The van der Waals surface area contributed by atoms with Crippen molar-refractivity contribution in [2.45, 2.75) is 6.92 Å². The number of hydrogen-bond donors (Lipinski definition) is 0. The number of benzene rings is 2. The van der Waals surface area contributed by atoms with Crippen LogP contribution in [0.3, 0.4) is 0 Å². The standard InChI is InChI=1S/C17H12BrNO/c1-11-6-7-13(9-15(11)18)17(20)14-8-12-4-2-3-5-16(12)19-10-14/h2-10H,1H3. The molecule has 3 heteroatoms. The molecule has 0 unspecified atom stereocenters. The molecule has 0 atom stereocenters. The van der Waals surface area contributed by atoms with Crippen molar-refractivity contribution in [3.8, 4) is 0 Å². The Balaban J connectivity index is 2.05. The lowest BCUT2D eigenvalue weighted by Gasteiger charge is -2.05. The summed E-state index contributed by atoms with van der Waals surface area (Å²) in [6, 6.07) is 15.3. The summed E-state index contributed by atoms with van der Waals surface area (Å²) in [6.07, 6.45) is 1.64. The predicted molar refractivity (Wildman–Crippen MR) is 84.1 cm³/mol. The summed E-state index contributed by atoms with van der Waals surface area (Å²) in [6.45, 7) is 2.00. The Morgan fingerprint density at radius 3 is 2.65 bits per heavy atom. The van der Waals surface area contributed by atoms with E-state index in [2.05, 4.69) is 20.9 Å². The first-order chi connectivity index (χ1) is 9.65. The summed E-state index contributed by atoms with van der Waals surface area (Å²) < 4.78 is 0.942. The van der Waals surface area contributed by atoms with Crippen molar-refractivity contribution in [1.82, 2.24) is 4.98 Å². The summed E-state index contributed by atoms with van der Waals surface area (Å²) in [4.78, 5) is 16.8. The van der Waals surface area contributed by atoms with Gasteiger partial charge in [0.05, 0.1) is 5.52 Å². The molecule has 1 aromatic heterocycles. The first-order valence-electron chi connectivity index (χ1n) is 6.31. The van der Waals surface area contributed by atoms with Crippen LogP contribution in [0.4, 0.5) is 0 Å². The highest BCUT2D eigenvalue weighted by molar-refractivity contribution is 9.10. The van der Waals surface area contributed by atoms with E-state index in [1.807, 2.05) is 55.5 Å². The number of carbonyl (C=O) groups excluding carboxylic acids is 1. The van der Waals surface area contributed by atoms with Gasteiger partial charge < -0.3 is 0 Å². The minimum atomic E-state index is -0.0102. The molecule has 20 heavy (non-hydrogen) atoms. The fourth-order valence-electron chi connectivity index (χ4n) is 2.10. The van der Waals surface area contributed by atoms with E-state index in [1.54, 1.807) is 6.20 Å². The number of rotatable bonds is 2. The molecule has 3 rings (SSSR count). The molecule has 1 heterocycles. The lowest BCUT2D eigenvalue weighted by atomic mass is 10.0. The van der Waals surface area contributed by atoms with Crippen LogP contribution in [0.5, 0.6) is 0 Å². The second-order valence-electron chi connectivity index (χ2n) is 4.71. The molecule has 2 nitrogen and oxygen atoms in total. The van der Waals surface area contributed by atoms with Crippen molar-refractivity contribution in [2.75, 3.05) is 0 Å². The van der Waals surface area contributed by atoms with Gasteiger partial charge in [-0.2, -0.15) is 0 Å². The number of halogens is 1. The van der Waals surface area contributed by atoms with E-state index in [0.717, 1.165) is 20.9 Å². The van der Waals surface area contributed by atoms with Gasteiger partial charge in [0.1, 0.15) is 0 Å². The van der Waals surface area contributed by atoms with E-state index < -0.39 is 0 Å². The third kappa shape index (κ3) is 2.37. The van der Waals surface area contributed by atoms with E-state index >= 15 is 0 Å². The molecule has 0 aliphatic heterocycles. The number of aromatic nitrogens is 1. The van der Waals surface area contributed by atoms with Gasteiger partial charge in [-0.15, -0.1) is 0 Å². The third-order valence-electron chi connectivity index (χ3n) is 3.29. The number of aryl methyl sites for hydroxylation is 1. The Morgan fingerprint density at radius 1 is 1.05 bits per heavy atom.